The zero-order valence-electron chi connectivity index (χ0n) is 16.2. The van der Waals surface area contributed by atoms with Crippen molar-refractivity contribution >= 4 is 29.3 Å². The van der Waals surface area contributed by atoms with Crippen LogP contribution in [-0.2, 0) is 11.0 Å². The van der Waals surface area contributed by atoms with Crippen molar-refractivity contribution in [2.24, 2.45) is 5.92 Å². The van der Waals surface area contributed by atoms with Crippen LogP contribution in [0.3, 0.4) is 0 Å². The van der Waals surface area contributed by atoms with E-state index in [0.29, 0.717) is 30.3 Å². The molecule has 3 rings (SSSR count). The molecule has 1 saturated heterocycles. The fourth-order valence-electron chi connectivity index (χ4n) is 3.33. The van der Waals surface area contributed by atoms with Gasteiger partial charge in [0.2, 0.25) is 5.91 Å². The van der Waals surface area contributed by atoms with Gasteiger partial charge in [0.1, 0.15) is 0 Å². The molecule has 2 amide bonds. The Hall–Kier alpha value is -2.62. The van der Waals surface area contributed by atoms with Gasteiger partial charge in [0.15, 0.2) is 0 Å². The Balaban J connectivity index is 1.57. The Morgan fingerprint density at radius 1 is 1.00 bits per heavy atom. The first-order chi connectivity index (χ1) is 14.6. The van der Waals surface area contributed by atoms with E-state index in [1.807, 2.05) is 0 Å². The van der Waals surface area contributed by atoms with E-state index in [2.05, 4.69) is 5.32 Å². The highest BCUT2D eigenvalue weighted by molar-refractivity contribution is 7.99. The summed E-state index contributed by atoms with van der Waals surface area (Å²) in [6.07, 6.45) is -3.75. The molecule has 10 heteroatoms. The minimum Gasteiger partial charge on any atom is -0.339 e. The number of nitrogens with one attached hydrogen (secondary N) is 1. The Morgan fingerprint density at radius 2 is 1.61 bits per heavy atom. The standard InChI is InChI=1S/C21H19F5N2O2S/c22-20(23)31-17-4-2-1-3-16(17)27-18(29)13-9-11-28(12-10-13)19(30)14-5-7-15(8-6-14)21(24,25)26/h1-8,13,20H,9-12H2,(H,27,29). The van der Waals surface area contributed by atoms with Crippen LogP contribution in [0.2, 0.25) is 0 Å². The van der Waals surface area contributed by atoms with Crippen molar-refractivity contribution in [2.45, 2.75) is 29.7 Å². The highest BCUT2D eigenvalue weighted by atomic mass is 32.2. The molecule has 1 N–H and O–H groups in total. The van der Waals surface area contributed by atoms with Crippen molar-refractivity contribution in [2.75, 3.05) is 18.4 Å². The molecule has 4 nitrogen and oxygen atoms in total. The van der Waals surface area contributed by atoms with Gasteiger partial charge in [0.25, 0.3) is 11.7 Å². The number of carbonyl (C=O) groups excluding carboxylic acids is 2. The summed E-state index contributed by atoms with van der Waals surface area (Å²) in [6.45, 7) is 0.538. The Kier molecular flexibility index (Phi) is 7.19. The van der Waals surface area contributed by atoms with E-state index in [4.69, 9.17) is 0 Å². The first-order valence-electron chi connectivity index (χ1n) is 9.46. The number of likely N-dealkylation sites (tertiary alicyclic amines) is 1. The summed E-state index contributed by atoms with van der Waals surface area (Å²) in [5.41, 5.74) is -0.375. The van der Waals surface area contributed by atoms with E-state index in [-0.39, 0.29) is 29.5 Å². The molecule has 1 aliphatic rings. The zero-order chi connectivity index (χ0) is 22.6. The Morgan fingerprint density at radius 3 is 2.19 bits per heavy atom. The van der Waals surface area contributed by atoms with Gasteiger partial charge in [0, 0.05) is 29.5 Å². The fourth-order valence-corrected chi connectivity index (χ4v) is 3.93. The molecule has 0 saturated carbocycles. The maximum absolute atomic E-state index is 12.7. The average Bonchev–Trinajstić information content (AvgIpc) is 2.74. The molecule has 0 radical (unpaired) electrons. The van der Waals surface area contributed by atoms with Crippen molar-refractivity contribution in [3.05, 3.63) is 59.7 Å². The van der Waals surface area contributed by atoms with Crippen LogP contribution in [0, 0.1) is 5.92 Å². The molecule has 2 aromatic carbocycles. The van der Waals surface area contributed by atoms with Crippen LogP contribution in [0.15, 0.2) is 53.4 Å². The minimum atomic E-state index is -4.47. The molecule has 0 atom stereocenters. The normalized spacial score (nSPS) is 15.2. The van der Waals surface area contributed by atoms with Crippen molar-refractivity contribution in [3.8, 4) is 0 Å². The lowest BCUT2D eigenvalue weighted by molar-refractivity contribution is -0.137. The van der Waals surface area contributed by atoms with Crippen molar-refractivity contribution in [1.82, 2.24) is 4.90 Å². The fraction of sp³-hybridized carbons (Fsp3) is 0.333. The SMILES string of the molecule is O=C(Nc1ccccc1SC(F)F)C1CCN(C(=O)c2ccc(C(F)(F)F)cc2)CC1. The predicted octanol–water partition coefficient (Wildman–Crippen LogP) is 5.51. The number of nitrogens with zero attached hydrogens (tertiary/aromatic N) is 1. The molecule has 1 heterocycles. The maximum Gasteiger partial charge on any atom is 0.416 e. The van der Waals surface area contributed by atoms with Gasteiger partial charge >= 0.3 is 6.18 Å². The average molecular weight is 458 g/mol. The van der Waals surface area contributed by atoms with Gasteiger partial charge in [0.05, 0.1) is 11.3 Å². The summed E-state index contributed by atoms with van der Waals surface area (Å²) >= 11 is 0.347. The lowest BCUT2D eigenvalue weighted by Crippen LogP contribution is -2.41. The Bertz CT molecular complexity index is 926. The van der Waals surface area contributed by atoms with Crippen LogP contribution < -0.4 is 5.32 Å². The van der Waals surface area contributed by atoms with Crippen LogP contribution in [0.4, 0.5) is 27.6 Å². The zero-order valence-corrected chi connectivity index (χ0v) is 17.0. The molecule has 1 fully saturated rings. The third kappa shape index (κ3) is 5.96. The molecular formula is C21H19F5N2O2S. The summed E-state index contributed by atoms with van der Waals surface area (Å²) in [7, 11) is 0. The van der Waals surface area contributed by atoms with E-state index in [1.54, 1.807) is 18.2 Å². The van der Waals surface area contributed by atoms with Gasteiger partial charge < -0.3 is 10.2 Å². The van der Waals surface area contributed by atoms with Crippen molar-refractivity contribution < 1.29 is 31.5 Å². The van der Waals surface area contributed by atoms with Gasteiger partial charge in [-0.05, 0) is 49.2 Å². The monoisotopic (exact) mass is 458 g/mol. The summed E-state index contributed by atoms with van der Waals surface area (Å²) in [4.78, 5) is 26.9. The van der Waals surface area contributed by atoms with Crippen LogP contribution in [0.1, 0.15) is 28.8 Å². The largest absolute Gasteiger partial charge is 0.416 e. The lowest BCUT2D eigenvalue weighted by Gasteiger charge is -2.31. The summed E-state index contributed by atoms with van der Waals surface area (Å²) in [6, 6.07) is 10.3. The van der Waals surface area contributed by atoms with Crippen LogP contribution in [0.25, 0.3) is 0 Å². The van der Waals surface area contributed by atoms with Crippen molar-refractivity contribution in [1.29, 1.82) is 0 Å². The highest BCUT2D eigenvalue weighted by Crippen LogP contribution is 2.33. The second-order valence-electron chi connectivity index (χ2n) is 7.01. The van der Waals surface area contributed by atoms with E-state index < -0.39 is 29.3 Å². The maximum atomic E-state index is 12.7. The van der Waals surface area contributed by atoms with Gasteiger partial charge in [-0.25, -0.2) is 0 Å². The number of para-hydroxylation sites is 1. The lowest BCUT2D eigenvalue weighted by atomic mass is 9.95. The molecule has 1 aliphatic heterocycles. The number of hydrogen-bond donors (Lipinski definition) is 1. The first kappa shape index (κ1) is 23.1. The van der Waals surface area contributed by atoms with E-state index >= 15 is 0 Å². The summed E-state index contributed by atoms with van der Waals surface area (Å²) < 4.78 is 63.4. The number of hydrogen-bond acceptors (Lipinski definition) is 3. The molecule has 0 aliphatic carbocycles. The second kappa shape index (κ2) is 9.67. The van der Waals surface area contributed by atoms with Gasteiger partial charge in [-0.2, -0.15) is 22.0 Å². The molecule has 0 aromatic heterocycles. The molecule has 0 unspecified atom stereocenters. The van der Waals surface area contributed by atoms with Gasteiger partial charge in [-0.3, -0.25) is 9.59 Å². The predicted molar refractivity (Wildman–Crippen MR) is 107 cm³/mol. The third-order valence-corrected chi connectivity index (χ3v) is 5.76. The van der Waals surface area contributed by atoms with E-state index in [9.17, 15) is 31.5 Å². The number of anilines is 1. The molecule has 0 spiro atoms. The molecule has 166 valence electrons. The van der Waals surface area contributed by atoms with E-state index in [0.717, 1.165) is 24.3 Å². The Labute approximate surface area is 179 Å². The summed E-state index contributed by atoms with van der Waals surface area (Å²) in [5, 5.41) is 2.68. The number of amides is 2. The third-order valence-electron chi connectivity index (χ3n) is 4.97. The van der Waals surface area contributed by atoms with E-state index in [1.165, 1.54) is 11.0 Å². The van der Waals surface area contributed by atoms with Gasteiger partial charge in [-0.1, -0.05) is 23.9 Å². The number of alkyl halides is 5. The smallest absolute Gasteiger partial charge is 0.339 e. The number of halogens is 5. The van der Waals surface area contributed by atoms with Crippen LogP contribution in [-0.4, -0.2) is 35.6 Å². The number of benzene rings is 2. The molecular weight excluding hydrogens is 439 g/mol. The second-order valence-corrected chi connectivity index (χ2v) is 8.04. The first-order valence-corrected chi connectivity index (χ1v) is 10.3. The van der Waals surface area contributed by atoms with Gasteiger partial charge in [-0.15, -0.1) is 0 Å². The number of rotatable bonds is 5. The minimum absolute atomic E-state index is 0.147. The van der Waals surface area contributed by atoms with Crippen LogP contribution >= 0.6 is 11.8 Å². The van der Waals surface area contributed by atoms with Crippen molar-refractivity contribution in [3.63, 3.8) is 0 Å². The topological polar surface area (TPSA) is 49.4 Å². The summed E-state index contributed by atoms with van der Waals surface area (Å²) in [5.74, 6) is -3.73. The van der Waals surface area contributed by atoms with Crippen LogP contribution in [0.5, 0.6) is 0 Å². The quantitative estimate of drug-likeness (QED) is 0.475. The molecule has 31 heavy (non-hydrogen) atoms. The molecule has 2 aromatic rings. The number of carbonyl (C=O) groups is 2. The highest BCUT2D eigenvalue weighted by Gasteiger charge is 2.31. The molecule has 0 bridgehead atoms. The number of thioether (sulfide) groups is 1. The number of piperidine rings is 1.